The third-order valence-electron chi connectivity index (χ3n) is 3.08. The van der Waals surface area contributed by atoms with Gasteiger partial charge in [0.2, 0.25) is 0 Å². The molecule has 0 aliphatic heterocycles. The number of nitrogens with one attached hydrogen (secondary N) is 1. The van der Waals surface area contributed by atoms with Crippen LogP contribution in [0.2, 0.25) is 0 Å². The predicted molar refractivity (Wildman–Crippen MR) is 81.1 cm³/mol. The SMILES string of the molecule is CCCNc1cc(CC)nc2c(OCC)cccc12. The largest absolute Gasteiger partial charge is 0.492 e. The van der Waals surface area contributed by atoms with Crippen LogP contribution in [-0.2, 0) is 6.42 Å². The Morgan fingerprint density at radius 3 is 2.74 bits per heavy atom. The van der Waals surface area contributed by atoms with E-state index in [4.69, 9.17) is 9.72 Å². The number of fused-ring (bicyclic) bond motifs is 1. The van der Waals surface area contributed by atoms with Crippen LogP contribution in [0.1, 0.15) is 32.9 Å². The maximum atomic E-state index is 5.69. The van der Waals surface area contributed by atoms with Gasteiger partial charge in [0.05, 0.1) is 6.61 Å². The molecule has 0 aliphatic carbocycles. The van der Waals surface area contributed by atoms with Gasteiger partial charge in [-0.05, 0) is 31.9 Å². The summed E-state index contributed by atoms with van der Waals surface area (Å²) in [4.78, 5) is 4.72. The normalized spacial score (nSPS) is 10.7. The van der Waals surface area contributed by atoms with E-state index in [-0.39, 0.29) is 0 Å². The number of pyridine rings is 1. The Bertz CT molecular complexity index is 552. The van der Waals surface area contributed by atoms with Crippen molar-refractivity contribution < 1.29 is 4.74 Å². The Balaban J connectivity index is 2.56. The van der Waals surface area contributed by atoms with Crippen molar-refractivity contribution in [3.63, 3.8) is 0 Å². The van der Waals surface area contributed by atoms with Gasteiger partial charge in [-0.25, -0.2) is 4.98 Å². The molecule has 19 heavy (non-hydrogen) atoms. The van der Waals surface area contributed by atoms with Gasteiger partial charge >= 0.3 is 0 Å². The number of benzene rings is 1. The summed E-state index contributed by atoms with van der Waals surface area (Å²) < 4.78 is 5.69. The summed E-state index contributed by atoms with van der Waals surface area (Å²) in [5.74, 6) is 0.870. The molecular formula is C16H22N2O. The molecule has 1 N–H and O–H groups in total. The first-order valence-corrected chi connectivity index (χ1v) is 7.09. The molecule has 1 aromatic heterocycles. The molecule has 0 atom stereocenters. The summed E-state index contributed by atoms with van der Waals surface area (Å²) in [6.45, 7) is 7.93. The topological polar surface area (TPSA) is 34.2 Å². The van der Waals surface area contributed by atoms with Crippen molar-refractivity contribution in [1.82, 2.24) is 4.98 Å². The van der Waals surface area contributed by atoms with Gasteiger partial charge < -0.3 is 10.1 Å². The number of ether oxygens (including phenoxy) is 1. The van der Waals surface area contributed by atoms with Gasteiger partial charge in [0.1, 0.15) is 11.3 Å². The summed E-state index contributed by atoms with van der Waals surface area (Å²) in [6.07, 6.45) is 2.04. The highest BCUT2D eigenvalue weighted by Crippen LogP contribution is 2.30. The van der Waals surface area contributed by atoms with E-state index in [1.165, 1.54) is 0 Å². The third-order valence-corrected chi connectivity index (χ3v) is 3.08. The van der Waals surface area contributed by atoms with E-state index in [1.807, 2.05) is 19.1 Å². The highest BCUT2D eigenvalue weighted by atomic mass is 16.5. The van der Waals surface area contributed by atoms with E-state index in [0.29, 0.717) is 6.61 Å². The van der Waals surface area contributed by atoms with Crippen molar-refractivity contribution in [2.24, 2.45) is 0 Å². The highest BCUT2D eigenvalue weighted by molar-refractivity contribution is 5.95. The molecule has 2 rings (SSSR count). The number of rotatable bonds is 6. The van der Waals surface area contributed by atoms with Crippen molar-refractivity contribution in [2.75, 3.05) is 18.5 Å². The minimum Gasteiger partial charge on any atom is -0.492 e. The van der Waals surface area contributed by atoms with Crippen LogP contribution < -0.4 is 10.1 Å². The van der Waals surface area contributed by atoms with E-state index in [1.54, 1.807) is 0 Å². The van der Waals surface area contributed by atoms with Gasteiger partial charge in [-0.2, -0.15) is 0 Å². The highest BCUT2D eigenvalue weighted by Gasteiger charge is 2.09. The van der Waals surface area contributed by atoms with Crippen molar-refractivity contribution in [2.45, 2.75) is 33.6 Å². The van der Waals surface area contributed by atoms with E-state index in [0.717, 1.165) is 47.4 Å². The van der Waals surface area contributed by atoms with Crippen LogP contribution >= 0.6 is 0 Å². The monoisotopic (exact) mass is 258 g/mol. The maximum absolute atomic E-state index is 5.69. The average molecular weight is 258 g/mol. The predicted octanol–water partition coefficient (Wildman–Crippen LogP) is 4.02. The lowest BCUT2D eigenvalue weighted by atomic mass is 10.1. The molecule has 3 heteroatoms. The first-order chi connectivity index (χ1) is 9.30. The molecule has 1 heterocycles. The minimum absolute atomic E-state index is 0.662. The van der Waals surface area contributed by atoms with Gasteiger partial charge in [0.15, 0.2) is 0 Å². The molecule has 0 fully saturated rings. The van der Waals surface area contributed by atoms with E-state index < -0.39 is 0 Å². The second-order valence-corrected chi connectivity index (χ2v) is 4.53. The zero-order valence-corrected chi connectivity index (χ0v) is 12.0. The smallest absolute Gasteiger partial charge is 0.145 e. The molecule has 2 aromatic rings. The van der Waals surface area contributed by atoms with Crippen LogP contribution in [0.3, 0.4) is 0 Å². The van der Waals surface area contributed by atoms with E-state index in [9.17, 15) is 0 Å². The van der Waals surface area contributed by atoms with Crippen LogP contribution in [0.25, 0.3) is 10.9 Å². The van der Waals surface area contributed by atoms with Crippen LogP contribution in [0, 0.1) is 0 Å². The number of aryl methyl sites for hydroxylation is 1. The number of hydrogen-bond acceptors (Lipinski definition) is 3. The Labute approximate surface area is 115 Å². The maximum Gasteiger partial charge on any atom is 0.145 e. The van der Waals surface area contributed by atoms with Gasteiger partial charge in [-0.15, -0.1) is 0 Å². The van der Waals surface area contributed by atoms with Gasteiger partial charge in [0.25, 0.3) is 0 Å². The first-order valence-electron chi connectivity index (χ1n) is 7.09. The summed E-state index contributed by atoms with van der Waals surface area (Å²) in [5, 5.41) is 4.62. The molecule has 0 spiro atoms. The number of aromatic nitrogens is 1. The summed E-state index contributed by atoms with van der Waals surface area (Å²) >= 11 is 0. The van der Waals surface area contributed by atoms with Crippen LogP contribution in [-0.4, -0.2) is 18.1 Å². The van der Waals surface area contributed by atoms with Gasteiger partial charge in [-0.3, -0.25) is 0 Å². The Hall–Kier alpha value is -1.77. The third kappa shape index (κ3) is 2.98. The minimum atomic E-state index is 0.662. The van der Waals surface area contributed by atoms with Crippen molar-refractivity contribution in [1.29, 1.82) is 0 Å². The van der Waals surface area contributed by atoms with Gasteiger partial charge in [0, 0.05) is 23.3 Å². The molecule has 0 bridgehead atoms. The molecular weight excluding hydrogens is 236 g/mol. The fraction of sp³-hybridized carbons (Fsp3) is 0.438. The molecule has 3 nitrogen and oxygen atoms in total. The summed E-state index contributed by atoms with van der Waals surface area (Å²) in [7, 11) is 0. The number of hydrogen-bond donors (Lipinski definition) is 1. The lowest BCUT2D eigenvalue weighted by Gasteiger charge is -2.13. The lowest BCUT2D eigenvalue weighted by Crippen LogP contribution is -2.03. The molecule has 0 saturated carbocycles. The van der Waals surface area contributed by atoms with Crippen LogP contribution in [0.15, 0.2) is 24.3 Å². The Morgan fingerprint density at radius 1 is 1.21 bits per heavy atom. The quantitative estimate of drug-likeness (QED) is 0.849. The van der Waals surface area contributed by atoms with Gasteiger partial charge in [-0.1, -0.05) is 26.0 Å². The Kier molecular flexibility index (Phi) is 4.61. The zero-order valence-electron chi connectivity index (χ0n) is 12.0. The number of anilines is 1. The van der Waals surface area contributed by atoms with E-state index in [2.05, 4.69) is 31.3 Å². The average Bonchev–Trinajstić information content (AvgIpc) is 2.45. The van der Waals surface area contributed by atoms with Crippen molar-refractivity contribution >= 4 is 16.6 Å². The standard InChI is InChI=1S/C16H22N2O/c1-4-10-17-14-11-12(5-2)18-16-13(14)8-7-9-15(16)19-6-3/h7-9,11H,4-6,10H2,1-3H3,(H,17,18). The number of nitrogens with zero attached hydrogens (tertiary/aromatic N) is 1. The van der Waals surface area contributed by atoms with Crippen molar-refractivity contribution in [3.05, 3.63) is 30.0 Å². The first kappa shape index (κ1) is 13.7. The Morgan fingerprint density at radius 2 is 2.05 bits per heavy atom. The summed E-state index contributed by atoms with van der Waals surface area (Å²) in [6, 6.07) is 8.26. The molecule has 0 amide bonds. The molecule has 0 unspecified atom stereocenters. The second-order valence-electron chi connectivity index (χ2n) is 4.53. The molecule has 1 aromatic carbocycles. The lowest BCUT2D eigenvalue weighted by molar-refractivity contribution is 0.343. The second kappa shape index (κ2) is 6.41. The fourth-order valence-electron chi connectivity index (χ4n) is 2.13. The van der Waals surface area contributed by atoms with Crippen LogP contribution in [0.5, 0.6) is 5.75 Å². The molecule has 0 radical (unpaired) electrons. The molecule has 0 saturated heterocycles. The van der Waals surface area contributed by atoms with Crippen molar-refractivity contribution in [3.8, 4) is 5.75 Å². The zero-order chi connectivity index (χ0) is 13.7. The number of para-hydroxylation sites is 1. The fourth-order valence-corrected chi connectivity index (χ4v) is 2.13. The molecule has 102 valence electrons. The summed E-state index contributed by atoms with van der Waals surface area (Å²) in [5.41, 5.74) is 3.21. The van der Waals surface area contributed by atoms with Crippen LogP contribution in [0.4, 0.5) is 5.69 Å². The van der Waals surface area contributed by atoms with E-state index >= 15 is 0 Å². The molecule has 0 aliphatic rings.